The minimum atomic E-state index is -2.41. The van der Waals surface area contributed by atoms with E-state index in [9.17, 15) is 4.11 Å². The van der Waals surface area contributed by atoms with Crippen LogP contribution in [-0.2, 0) is 27.1 Å². The summed E-state index contributed by atoms with van der Waals surface area (Å²) in [5, 5.41) is 0. The summed E-state index contributed by atoms with van der Waals surface area (Å²) in [5.74, 6) is 0. The van der Waals surface area contributed by atoms with Gasteiger partial charge in [0.25, 0.3) is 6.71 Å². The minimum absolute atomic E-state index is 0.00525. The van der Waals surface area contributed by atoms with E-state index in [-0.39, 0.29) is 33.8 Å². The Morgan fingerprint density at radius 1 is 0.479 bits per heavy atom. The molecule has 0 unspecified atom stereocenters. The third-order valence-electron chi connectivity index (χ3n) is 17.4. The van der Waals surface area contributed by atoms with Crippen molar-refractivity contribution < 1.29 is 4.11 Å². The van der Waals surface area contributed by atoms with Crippen LogP contribution in [0.2, 0.25) is 0 Å². The molecule has 0 spiro atoms. The van der Waals surface area contributed by atoms with Crippen LogP contribution in [-0.4, -0.2) is 6.71 Å². The zero-order chi connectivity index (χ0) is 53.6. The van der Waals surface area contributed by atoms with Crippen molar-refractivity contribution in [2.24, 2.45) is 0 Å². The second kappa shape index (κ2) is 16.4. The molecular weight excluding hydrogens is 882 g/mol. The van der Waals surface area contributed by atoms with Gasteiger partial charge < -0.3 is 14.7 Å². The first-order valence-corrected chi connectivity index (χ1v) is 26.7. The van der Waals surface area contributed by atoms with Crippen molar-refractivity contribution in [1.29, 1.82) is 0 Å². The Morgan fingerprint density at radius 2 is 0.986 bits per heavy atom. The molecule has 0 N–H and O–H groups in total. The van der Waals surface area contributed by atoms with Crippen molar-refractivity contribution in [2.75, 3.05) is 14.7 Å². The third-order valence-corrected chi connectivity index (χ3v) is 17.4. The number of rotatable bonds is 6. The van der Waals surface area contributed by atoms with Gasteiger partial charge in [0.2, 0.25) is 0 Å². The first-order valence-electron chi connectivity index (χ1n) is 28.2. The van der Waals surface area contributed by atoms with Crippen molar-refractivity contribution in [2.45, 2.75) is 136 Å². The monoisotopic (exact) mass is 957 g/mol. The molecular formula is C69H72BN3. The molecule has 73 heavy (non-hydrogen) atoms. The van der Waals surface area contributed by atoms with Gasteiger partial charge in [-0.2, -0.15) is 0 Å². The molecule has 0 saturated heterocycles. The van der Waals surface area contributed by atoms with Crippen LogP contribution < -0.4 is 31.1 Å². The van der Waals surface area contributed by atoms with Gasteiger partial charge >= 0.3 is 0 Å². The molecule has 3 nitrogen and oxygen atoms in total. The molecule has 2 aliphatic heterocycles. The molecule has 0 saturated carbocycles. The highest BCUT2D eigenvalue weighted by molar-refractivity contribution is 7.00. The molecule has 12 rings (SSSR count). The fraction of sp³-hybridized carbons (Fsp3) is 0.304. The van der Waals surface area contributed by atoms with Crippen LogP contribution in [0, 0.1) is 13.8 Å². The van der Waals surface area contributed by atoms with Crippen LogP contribution in [0.25, 0.3) is 11.1 Å². The van der Waals surface area contributed by atoms with E-state index >= 15 is 0 Å². The zero-order valence-electron chi connectivity index (χ0n) is 48.1. The molecule has 8 aromatic carbocycles. The predicted octanol–water partition coefficient (Wildman–Crippen LogP) is 17.1. The molecule has 0 amide bonds. The quantitative estimate of drug-likeness (QED) is 0.154. The summed E-state index contributed by atoms with van der Waals surface area (Å²) >= 11 is 0. The maximum absolute atomic E-state index is 9.32. The molecule has 0 radical (unpaired) electrons. The maximum atomic E-state index is 9.32. The topological polar surface area (TPSA) is 9.72 Å². The molecule has 4 heteroatoms. The van der Waals surface area contributed by atoms with Gasteiger partial charge in [0.1, 0.15) is 0 Å². The fourth-order valence-corrected chi connectivity index (χ4v) is 13.7. The SMILES string of the molecule is [2H]C([2H])([2H])c1cc2c3c(c1)N(c1ccc(C(C)(C)C)cc1-c1ccccc1)c1cc4c(cc1B3c1cc(N(c3ccccc3)c3ccccc3)ccc1N2c1cc2c(cc1C)C(C)(C)CC2(C)C)C(C)(C)CCC4(C)C. The van der Waals surface area contributed by atoms with Crippen molar-refractivity contribution in [3.63, 3.8) is 0 Å². The zero-order valence-corrected chi connectivity index (χ0v) is 45.1. The van der Waals surface area contributed by atoms with Crippen molar-refractivity contribution in [1.82, 2.24) is 0 Å². The molecule has 8 aromatic rings. The average molecular weight is 957 g/mol. The van der Waals surface area contributed by atoms with E-state index in [1.807, 2.05) is 12.1 Å². The molecule has 366 valence electrons. The maximum Gasteiger partial charge on any atom is 0.252 e. The second-order valence-electron chi connectivity index (χ2n) is 25.5. The van der Waals surface area contributed by atoms with Gasteiger partial charge in [-0.15, -0.1) is 0 Å². The Labute approximate surface area is 441 Å². The number of fused-ring (bicyclic) bond motifs is 6. The molecule has 0 aromatic heterocycles. The van der Waals surface area contributed by atoms with Gasteiger partial charge in [0, 0.05) is 55.2 Å². The summed E-state index contributed by atoms with van der Waals surface area (Å²) in [6.45, 7) is 25.7. The van der Waals surface area contributed by atoms with Gasteiger partial charge in [-0.05, 0) is 200 Å². The van der Waals surface area contributed by atoms with E-state index in [4.69, 9.17) is 0 Å². The number of benzene rings is 8. The summed E-state index contributed by atoms with van der Waals surface area (Å²) in [7, 11) is 0. The van der Waals surface area contributed by atoms with Crippen LogP contribution in [0.3, 0.4) is 0 Å². The predicted molar refractivity (Wildman–Crippen MR) is 315 cm³/mol. The van der Waals surface area contributed by atoms with Gasteiger partial charge in [0.05, 0.1) is 5.69 Å². The van der Waals surface area contributed by atoms with Gasteiger partial charge in [-0.1, -0.05) is 161 Å². The van der Waals surface area contributed by atoms with Crippen molar-refractivity contribution >= 4 is 74.3 Å². The molecule has 0 bridgehead atoms. The lowest BCUT2D eigenvalue weighted by atomic mass is 9.33. The van der Waals surface area contributed by atoms with Crippen molar-refractivity contribution in [3.8, 4) is 11.1 Å². The van der Waals surface area contributed by atoms with E-state index < -0.39 is 6.85 Å². The van der Waals surface area contributed by atoms with Gasteiger partial charge in [0.15, 0.2) is 0 Å². The highest BCUT2D eigenvalue weighted by atomic mass is 15.2. The molecule has 4 aliphatic rings. The van der Waals surface area contributed by atoms with Crippen molar-refractivity contribution in [3.05, 3.63) is 203 Å². The molecule has 0 atom stereocenters. The van der Waals surface area contributed by atoms with Crippen LogP contribution in [0.1, 0.15) is 138 Å². The van der Waals surface area contributed by atoms with Crippen LogP contribution in [0.5, 0.6) is 0 Å². The molecule has 2 heterocycles. The van der Waals surface area contributed by atoms with Crippen LogP contribution in [0.4, 0.5) is 51.2 Å². The number of hydrogen-bond acceptors (Lipinski definition) is 3. The third kappa shape index (κ3) is 7.52. The Hall–Kier alpha value is -6.78. The minimum Gasteiger partial charge on any atom is -0.311 e. The first kappa shape index (κ1) is 43.8. The lowest BCUT2D eigenvalue weighted by Gasteiger charge is -2.48. The molecule has 0 fully saturated rings. The van der Waals surface area contributed by atoms with E-state index in [0.29, 0.717) is 5.56 Å². The number of para-hydroxylation sites is 2. The average Bonchev–Trinajstić information content (AvgIpc) is 3.70. The smallest absolute Gasteiger partial charge is 0.252 e. The summed E-state index contributed by atoms with van der Waals surface area (Å²) in [6, 6.07) is 60.3. The second-order valence-corrected chi connectivity index (χ2v) is 25.5. The summed E-state index contributed by atoms with van der Waals surface area (Å²) < 4.78 is 28.0. The van der Waals surface area contributed by atoms with E-state index in [0.717, 1.165) is 92.6 Å². The lowest BCUT2D eigenvalue weighted by Crippen LogP contribution is -2.62. The summed E-state index contributed by atoms with van der Waals surface area (Å²) in [5.41, 5.74) is 22.9. The number of nitrogens with zero attached hydrogens (tertiary/aromatic N) is 3. The highest BCUT2D eigenvalue weighted by Crippen LogP contribution is 2.55. The summed E-state index contributed by atoms with van der Waals surface area (Å²) in [6.07, 6.45) is 3.19. The Balaban J connectivity index is 1.25. The van der Waals surface area contributed by atoms with E-state index in [2.05, 4.69) is 249 Å². The van der Waals surface area contributed by atoms with Gasteiger partial charge in [-0.25, -0.2) is 0 Å². The van der Waals surface area contributed by atoms with Gasteiger partial charge in [-0.3, -0.25) is 0 Å². The number of hydrogen-bond donors (Lipinski definition) is 0. The highest BCUT2D eigenvalue weighted by Gasteiger charge is 2.48. The standard InChI is InChI=1S/C69H72BN3/c1-44-35-62-64-63(36-44)73(60-41-55-52(37-45(60)2)68(10,11)43-69(55,12)13)59-32-30-50(71(48-25-19-15-20-26-48)49-27-21-16-22-28-49)39-56(59)70(64)57-40-53-54(67(8,9)34-33-66(53,6)7)42-61(57)72(62)58-31-29-47(65(3,4)5)38-51(58)46-23-17-14-18-24-46/h14-32,35-42H,33-34,43H2,1-13H3/i1D3. The normalized spacial score (nSPS) is 18.1. The fourth-order valence-electron chi connectivity index (χ4n) is 13.7. The first-order chi connectivity index (χ1) is 35.8. The Morgan fingerprint density at radius 3 is 1.58 bits per heavy atom. The van der Waals surface area contributed by atoms with Crippen LogP contribution >= 0.6 is 0 Å². The summed E-state index contributed by atoms with van der Waals surface area (Å²) in [4.78, 5) is 7.30. The number of aryl methyl sites for hydroxylation is 2. The molecule has 2 aliphatic carbocycles. The largest absolute Gasteiger partial charge is 0.311 e. The number of anilines is 9. The van der Waals surface area contributed by atoms with E-state index in [1.165, 1.54) is 38.7 Å². The van der Waals surface area contributed by atoms with Crippen LogP contribution in [0.15, 0.2) is 164 Å². The van der Waals surface area contributed by atoms with E-state index in [1.54, 1.807) is 0 Å². The lowest BCUT2D eigenvalue weighted by molar-refractivity contribution is 0.332. The Bertz CT molecular complexity index is 3580. The Kier molecular flexibility index (Phi) is 9.81.